The van der Waals surface area contributed by atoms with E-state index in [2.05, 4.69) is 70.4 Å². The van der Waals surface area contributed by atoms with Gasteiger partial charge < -0.3 is 4.98 Å². The Hall–Kier alpha value is -3.32. The van der Waals surface area contributed by atoms with Crippen LogP contribution in [0.1, 0.15) is 68.1 Å². The molecule has 0 spiro atoms. The first-order valence-electron chi connectivity index (χ1n) is 12.7. The number of hydrogen-bond acceptors (Lipinski definition) is 5. The summed E-state index contributed by atoms with van der Waals surface area (Å²) in [5.74, 6) is 1.14. The molecule has 0 amide bonds. The highest BCUT2D eigenvalue weighted by Crippen LogP contribution is 2.36. The Kier molecular flexibility index (Phi) is 6.77. The summed E-state index contributed by atoms with van der Waals surface area (Å²) < 4.78 is 1.93. The van der Waals surface area contributed by atoms with Gasteiger partial charge in [0, 0.05) is 23.7 Å². The van der Waals surface area contributed by atoms with Gasteiger partial charge >= 0.3 is 0 Å². The molecule has 0 aliphatic heterocycles. The summed E-state index contributed by atoms with van der Waals surface area (Å²) in [5, 5.41) is 14.0. The number of H-pyrrole nitrogens is 1. The van der Waals surface area contributed by atoms with Gasteiger partial charge in [0.15, 0.2) is 5.82 Å². The number of nitrogens with zero attached hydrogens (tertiary/aromatic N) is 5. The van der Waals surface area contributed by atoms with Crippen molar-refractivity contribution in [3.05, 3.63) is 87.5 Å². The Labute approximate surface area is 206 Å². The molecule has 1 atom stereocenters. The molecule has 1 saturated carbocycles. The molecule has 5 rings (SSSR count). The normalized spacial score (nSPS) is 15.5. The van der Waals surface area contributed by atoms with Crippen LogP contribution in [0.25, 0.3) is 10.9 Å². The summed E-state index contributed by atoms with van der Waals surface area (Å²) in [6, 6.07) is 18.9. The number of fused-ring (bicyclic) bond motifs is 1. The topological polar surface area (TPSA) is 79.7 Å². The zero-order valence-corrected chi connectivity index (χ0v) is 20.8. The van der Waals surface area contributed by atoms with Crippen molar-refractivity contribution >= 4 is 10.9 Å². The molecule has 182 valence electrons. The Morgan fingerprint density at radius 3 is 2.60 bits per heavy atom. The summed E-state index contributed by atoms with van der Waals surface area (Å²) in [6.07, 6.45) is 4.70. The van der Waals surface area contributed by atoms with Crippen molar-refractivity contribution in [3.8, 4) is 0 Å². The summed E-state index contributed by atoms with van der Waals surface area (Å²) in [4.78, 5) is 18.7. The van der Waals surface area contributed by atoms with Crippen molar-refractivity contribution in [2.24, 2.45) is 5.92 Å². The lowest BCUT2D eigenvalue weighted by Crippen LogP contribution is -2.41. The van der Waals surface area contributed by atoms with E-state index in [0.29, 0.717) is 19.1 Å². The van der Waals surface area contributed by atoms with Gasteiger partial charge in [-0.3, -0.25) is 9.69 Å². The van der Waals surface area contributed by atoms with Crippen LogP contribution in [-0.4, -0.2) is 36.1 Å². The average molecular weight is 471 g/mol. The summed E-state index contributed by atoms with van der Waals surface area (Å²) in [5.41, 5.74) is 4.00. The molecule has 7 heteroatoms. The number of nitrogens with one attached hydrogen (secondary N) is 1. The molecule has 1 aliphatic rings. The predicted octanol–water partition coefficient (Wildman–Crippen LogP) is 5.01. The van der Waals surface area contributed by atoms with E-state index in [0.717, 1.165) is 40.7 Å². The summed E-state index contributed by atoms with van der Waals surface area (Å²) in [6.45, 7) is 7.73. The molecule has 35 heavy (non-hydrogen) atoms. The first kappa shape index (κ1) is 23.4. The molecule has 0 bridgehead atoms. The zero-order valence-electron chi connectivity index (χ0n) is 20.8. The highest BCUT2D eigenvalue weighted by molar-refractivity contribution is 5.79. The van der Waals surface area contributed by atoms with Gasteiger partial charge in [-0.15, -0.1) is 5.10 Å². The molecular formula is C28H34N6O. The lowest BCUT2D eigenvalue weighted by molar-refractivity contribution is 0.0844. The maximum Gasteiger partial charge on any atom is 0.252 e. The van der Waals surface area contributed by atoms with Gasteiger partial charge in [-0.05, 0) is 65.3 Å². The van der Waals surface area contributed by atoms with Crippen LogP contribution in [0.2, 0.25) is 0 Å². The van der Waals surface area contributed by atoms with Crippen LogP contribution in [0.3, 0.4) is 0 Å². The smallest absolute Gasteiger partial charge is 0.252 e. The Morgan fingerprint density at radius 1 is 1.09 bits per heavy atom. The second-order valence-electron chi connectivity index (χ2n) is 10.2. The largest absolute Gasteiger partial charge is 0.322 e. The fraction of sp³-hybridized carbons (Fsp3) is 0.429. The minimum atomic E-state index is -0.0178. The SMILES string of the molecule is Cc1ccc2[nH]c(=O)c(CN(C3CCCC3)C(c3nnnn3Cc3ccccc3)C(C)C)cc2c1. The predicted molar refractivity (Wildman–Crippen MR) is 138 cm³/mol. The third-order valence-electron chi connectivity index (χ3n) is 7.21. The third-order valence-corrected chi connectivity index (χ3v) is 7.21. The van der Waals surface area contributed by atoms with E-state index in [1.165, 1.54) is 18.4 Å². The molecule has 4 aromatic rings. The van der Waals surface area contributed by atoms with Crippen molar-refractivity contribution in [3.63, 3.8) is 0 Å². The lowest BCUT2D eigenvalue weighted by atomic mass is 9.97. The molecule has 2 aromatic carbocycles. The van der Waals surface area contributed by atoms with E-state index in [1.54, 1.807) is 0 Å². The molecule has 2 heterocycles. The molecule has 1 N–H and O–H groups in total. The average Bonchev–Trinajstić information content (AvgIpc) is 3.53. The van der Waals surface area contributed by atoms with Crippen molar-refractivity contribution in [2.45, 2.75) is 71.6 Å². The monoisotopic (exact) mass is 470 g/mol. The maximum absolute atomic E-state index is 13.1. The van der Waals surface area contributed by atoms with E-state index in [1.807, 2.05) is 35.0 Å². The second kappa shape index (κ2) is 10.1. The number of tetrazole rings is 1. The molecule has 1 fully saturated rings. The summed E-state index contributed by atoms with van der Waals surface area (Å²) >= 11 is 0. The lowest BCUT2D eigenvalue weighted by Gasteiger charge is -2.38. The highest BCUT2D eigenvalue weighted by atomic mass is 16.1. The number of aromatic nitrogens is 5. The van der Waals surface area contributed by atoms with Crippen molar-refractivity contribution in [1.82, 2.24) is 30.1 Å². The molecule has 1 unspecified atom stereocenters. The number of pyridine rings is 1. The maximum atomic E-state index is 13.1. The Bertz CT molecular complexity index is 1340. The molecular weight excluding hydrogens is 436 g/mol. The van der Waals surface area contributed by atoms with E-state index < -0.39 is 0 Å². The molecule has 0 radical (unpaired) electrons. The molecule has 1 aliphatic carbocycles. The van der Waals surface area contributed by atoms with E-state index in [9.17, 15) is 4.79 Å². The fourth-order valence-electron chi connectivity index (χ4n) is 5.50. The van der Waals surface area contributed by atoms with E-state index in [4.69, 9.17) is 0 Å². The third kappa shape index (κ3) is 5.05. The second-order valence-corrected chi connectivity index (χ2v) is 10.2. The number of benzene rings is 2. The minimum Gasteiger partial charge on any atom is -0.322 e. The van der Waals surface area contributed by atoms with Crippen LogP contribution in [0.4, 0.5) is 0 Å². The number of aromatic amines is 1. The first-order valence-corrected chi connectivity index (χ1v) is 12.7. The fourth-order valence-corrected chi connectivity index (χ4v) is 5.50. The van der Waals surface area contributed by atoms with E-state index >= 15 is 0 Å². The van der Waals surface area contributed by atoms with Crippen LogP contribution in [0.5, 0.6) is 0 Å². The summed E-state index contributed by atoms with van der Waals surface area (Å²) in [7, 11) is 0. The number of rotatable bonds is 8. The van der Waals surface area contributed by atoms with Crippen molar-refractivity contribution in [2.75, 3.05) is 0 Å². The molecule has 0 saturated heterocycles. The number of aryl methyl sites for hydroxylation is 1. The van der Waals surface area contributed by atoms with Crippen molar-refractivity contribution < 1.29 is 0 Å². The van der Waals surface area contributed by atoms with Gasteiger partial charge in [-0.2, -0.15) is 0 Å². The van der Waals surface area contributed by atoms with Crippen LogP contribution >= 0.6 is 0 Å². The van der Waals surface area contributed by atoms with Gasteiger partial charge in [0.2, 0.25) is 0 Å². The molecule has 7 nitrogen and oxygen atoms in total. The standard InChI is InChI=1S/C28H34N6O/c1-19(2)26(27-30-31-32-34(27)17-21-9-5-4-6-10-21)33(24-11-7-8-12-24)18-23-16-22-15-20(3)13-14-25(22)29-28(23)35/h4-6,9-10,13-16,19,24,26H,7-8,11-12,17-18H2,1-3H3,(H,29,35). The van der Waals surface area contributed by atoms with Crippen LogP contribution < -0.4 is 5.56 Å². The van der Waals surface area contributed by atoms with Gasteiger partial charge in [-0.25, -0.2) is 4.68 Å². The minimum absolute atomic E-state index is 0.00409. The van der Waals surface area contributed by atoms with E-state index in [-0.39, 0.29) is 17.5 Å². The zero-order chi connectivity index (χ0) is 24.4. The van der Waals surface area contributed by atoms with Gasteiger partial charge in [-0.1, -0.05) is 68.7 Å². The van der Waals surface area contributed by atoms with Crippen LogP contribution in [-0.2, 0) is 13.1 Å². The first-order chi connectivity index (χ1) is 17.0. The quantitative estimate of drug-likeness (QED) is 0.391. The van der Waals surface area contributed by atoms with Gasteiger partial charge in [0.25, 0.3) is 5.56 Å². The highest BCUT2D eigenvalue weighted by Gasteiger charge is 2.35. The van der Waals surface area contributed by atoms with Gasteiger partial charge in [0.1, 0.15) is 0 Å². The Balaban J connectivity index is 1.53. The van der Waals surface area contributed by atoms with Crippen LogP contribution in [0.15, 0.2) is 59.4 Å². The van der Waals surface area contributed by atoms with Gasteiger partial charge in [0.05, 0.1) is 12.6 Å². The Morgan fingerprint density at radius 2 is 1.86 bits per heavy atom. The number of hydrogen-bond donors (Lipinski definition) is 1. The van der Waals surface area contributed by atoms with Crippen molar-refractivity contribution in [1.29, 1.82) is 0 Å². The molecule has 2 aromatic heterocycles. The van der Waals surface area contributed by atoms with Crippen LogP contribution in [0, 0.1) is 12.8 Å².